The number of urea groups is 1. The third kappa shape index (κ3) is 2.92. The maximum Gasteiger partial charge on any atom is 0.317 e. The first-order valence-electron chi connectivity index (χ1n) is 6.64. The standard InChI is InChI=1S/C13H19N3O3S/c1-3-9(10-14-5-7-20-10)15-12(19)16-6-4-13(2,8-16)11(17)18/h5,7,9H,3-4,6,8H2,1-2H3,(H,15,19)(H,17,18). The topological polar surface area (TPSA) is 82.5 Å². The van der Waals surface area contributed by atoms with Crippen molar-refractivity contribution in [2.45, 2.75) is 32.7 Å². The molecule has 20 heavy (non-hydrogen) atoms. The number of carbonyl (C=O) groups is 2. The molecule has 110 valence electrons. The lowest BCUT2D eigenvalue weighted by atomic mass is 9.90. The molecule has 0 saturated carbocycles. The van der Waals surface area contributed by atoms with E-state index in [9.17, 15) is 14.7 Å². The highest BCUT2D eigenvalue weighted by Crippen LogP contribution is 2.30. The summed E-state index contributed by atoms with van der Waals surface area (Å²) in [4.78, 5) is 29.2. The first kappa shape index (κ1) is 14.8. The molecule has 2 unspecified atom stereocenters. The molecule has 1 aromatic heterocycles. The van der Waals surface area contributed by atoms with Gasteiger partial charge >= 0.3 is 12.0 Å². The summed E-state index contributed by atoms with van der Waals surface area (Å²) in [6.07, 6.45) is 2.96. The van der Waals surface area contributed by atoms with Crippen molar-refractivity contribution in [3.05, 3.63) is 16.6 Å². The first-order chi connectivity index (χ1) is 9.46. The minimum atomic E-state index is -0.847. The Morgan fingerprint density at radius 1 is 1.65 bits per heavy atom. The average molecular weight is 297 g/mol. The summed E-state index contributed by atoms with van der Waals surface area (Å²) < 4.78 is 0. The molecule has 1 aromatic rings. The van der Waals surface area contributed by atoms with Crippen LogP contribution in [0.15, 0.2) is 11.6 Å². The summed E-state index contributed by atoms with van der Waals surface area (Å²) in [6.45, 7) is 4.39. The summed E-state index contributed by atoms with van der Waals surface area (Å²) in [5, 5.41) is 14.9. The number of aromatic nitrogens is 1. The largest absolute Gasteiger partial charge is 0.481 e. The van der Waals surface area contributed by atoms with Gasteiger partial charge in [-0.25, -0.2) is 9.78 Å². The second-order valence-electron chi connectivity index (χ2n) is 5.32. The zero-order chi connectivity index (χ0) is 14.8. The van der Waals surface area contributed by atoms with Gasteiger partial charge < -0.3 is 15.3 Å². The summed E-state index contributed by atoms with van der Waals surface area (Å²) in [6, 6.07) is -0.323. The monoisotopic (exact) mass is 297 g/mol. The summed E-state index contributed by atoms with van der Waals surface area (Å²) in [5.41, 5.74) is -0.833. The Hall–Kier alpha value is -1.63. The van der Waals surface area contributed by atoms with Gasteiger partial charge in [-0.15, -0.1) is 11.3 Å². The Bertz CT molecular complexity index is 491. The van der Waals surface area contributed by atoms with Crippen molar-refractivity contribution >= 4 is 23.3 Å². The Labute approximate surface area is 121 Å². The predicted molar refractivity (Wildman–Crippen MR) is 75.6 cm³/mol. The molecule has 2 amide bonds. The van der Waals surface area contributed by atoms with Gasteiger partial charge in [0.1, 0.15) is 5.01 Å². The zero-order valence-electron chi connectivity index (χ0n) is 11.6. The van der Waals surface area contributed by atoms with Crippen LogP contribution in [-0.4, -0.2) is 40.1 Å². The van der Waals surface area contributed by atoms with E-state index >= 15 is 0 Å². The molecule has 0 radical (unpaired) electrons. The predicted octanol–water partition coefficient (Wildman–Crippen LogP) is 2.10. The number of carboxylic acid groups (broad SMARTS) is 1. The molecule has 2 N–H and O–H groups in total. The van der Waals surface area contributed by atoms with Crippen LogP contribution in [0.4, 0.5) is 4.79 Å². The number of amides is 2. The van der Waals surface area contributed by atoms with Crippen molar-refractivity contribution < 1.29 is 14.7 Å². The van der Waals surface area contributed by atoms with E-state index in [0.29, 0.717) is 13.0 Å². The van der Waals surface area contributed by atoms with E-state index in [1.54, 1.807) is 18.0 Å². The number of aliphatic carboxylic acids is 1. The van der Waals surface area contributed by atoms with Gasteiger partial charge in [-0.2, -0.15) is 0 Å². The van der Waals surface area contributed by atoms with Crippen LogP contribution in [0.2, 0.25) is 0 Å². The second kappa shape index (κ2) is 5.78. The Morgan fingerprint density at radius 2 is 2.40 bits per heavy atom. The first-order valence-corrected chi connectivity index (χ1v) is 7.52. The highest BCUT2D eigenvalue weighted by atomic mass is 32.1. The van der Waals surface area contributed by atoms with Crippen LogP contribution in [0.3, 0.4) is 0 Å². The van der Waals surface area contributed by atoms with E-state index in [1.165, 1.54) is 11.3 Å². The molecule has 0 spiro atoms. The molecule has 6 nitrogen and oxygen atoms in total. The number of carboxylic acids is 1. The third-order valence-corrected chi connectivity index (χ3v) is 4.62. The minimum Gasteiger partial charge on any atom is -0.481 e. The molecule has 1 aliphatic heterocycles. The summed E-state index contributed by atoms with van der Waals surface area (Å²) in [5.74, 6) is -0.847. The third-order valence-electron chi connectivity index (χ3n) is 3.73. The molecule has 1 fully saturated rings. The lowest BCUT2D eigenvalue weighted by molar-refractivity contribution is -0.146. The molecule has 0 bridgehead atoms. The van der Waals surface area contributed by atoms with Crippen molar-refractivity contribution in [3.8, 4) is 0 Å². The number of nitrogens with one attached hydrogen (secondary N) is 1. The number of thiazole rings is 1. The van der Waals surface area contributed by atoms with Gasteiger partial charge in [0.2, 0.25) is 0 Å². The maximum absolute atomic E-state index is 12.2. The Kier molecular flexibility index (Phi) is 4.27. The SMILES string of the molecule is CCC(NC(=O)N1CCC(C)(C(=O)O)C1)c1nccs1. The Morgan fingerprint density at radius 3 is 2.90 bits per heavy atom. The van der Waals surface area contributed by atoms with Crippen molar-refractivity contribution in [3.63, 3.8) is 0 Å². The van der Waals surface area contributed by atoms with Gasteiger partial charge in [-0.3, -0.25) is 4.79 Å². The second-order valence-corrected chi connectivity index (χ2v) is 6.24. The quantitative estimate of drug-likeness (QED) is 0.891. The molecule has 1 saturated heterocycles. The molecule has 0 aliphatic carbocycles. The fraction of sp³-hybridized carbons (Fsp3) is 0.615. The number of likely N-dealkylation sites (tertiary alicyclic amines) is 1. The number of hydrogen-bond donors (Lipinski definition) is 2. The molecular weight excluding hydrogens is 278 g/mol. The van der Waals surface area contributed by atoms with E-state index in [4.69, 9.17) is 0 Å². The number of nitrogens with zero attached hydrogens (tertiary/aromatic N) is 2. The molecular formula is C13H19N3O3S. The molecule has 2 heterocycles. The fourth-order valence-electron chi connectivity index (χ4n) is 2.29. The van der Waals surface area contributed by atoms with Crippen molar-refractivity contribution in [1.29, 1.82) is 0 Å². The van der Waals surface area contributed by atoms with Gasteiger partial charge in [-0.05, 0) is 19.8 Å². The molecule has 2 rings (SSSR count). The molecule has 7 heteroatoms. The Balaban J connectivity index is 1.97. The highest BCUT2D eigenvalue weighted by molar-refractivity contribution is 7.09. The smallest absolute Gasteiger partial charge is 0.317 e. The van der Waals surface area contributed by atoms with Crippen LogP contribution in [0.1, 0.15) is 37.7 Å². The van der Waals surface area contributed by atoms with Gasteiger partial charge in [0.05, 0.1) is 11.5 Å². The van der Waals surface area contributed by atoms with Crippen LogP contribution in [0, 0.1) is 5.41 Å². The van der Waals surface area contributed by atoms with Crippen LogP contribution < -0.4 is 5.32 Å². The van der Waals surface area contributed by atoms with Crippen molar-refractivity contribution in [1.82, 2.24) is 15.2 Å². The average Bonchev–Trinajstić information content (AvgIpc) is 3.05. The van der Waals surface area contributed by atoms with Gasteiger partial charge in [0.25, 0.3) is 0 Å². The van der Waals surface area contributed by atoms with E-state index < -0.39 is 11.4 Å². The lowest BCUT2D eigenvalue weighted by Gasteiger charge is -2.23. The molecule has 1 aliphatic rings. The number of hydrogen-bond acceptors (Lipinski definition) is 4. The van der Waals surface area contributed by atoms with Crippen LogP contribution in [0.5, 0.6) is 0 Å². The van der Waals surface area contributed by atoms with Gasteiger partial charge in [0, 0.05) is 24.7 Å². The lowest BCUT2D eigenvalue weighted by Crippen LogP contribution is -2.42. The van der Waals surface area contributed by atoms with Crippen LogP contribution in [-0.2, 0) is 4.79 Å². The normalized spacial score (nSPS) is 23.6. The van der Waals surface area contributed by atoms with Crippen molar-refractivity contribution in [2.24, 2.45) is 5.41 Å². The van der Waals surface area contributed by atoms with Crippen LogP contribution in [0.25, 0.3) is 0 Å². The van der Waals surface area contributed by atoms with E-state index in [2.05, 4.69) is 10.3 Å². The highest BCUT2D eigenvalue weighted by Gasteiger charge is 2.42. The van der Waals surface area contributed by atoms with E-state index in [0.717, 1.165) is 11.4 Å². The molecule has 0 aromatic carbocycles. The summed E-state index contributed by atoms with van der Waals surface area (Å²) in [7, 11) is 0. The zero-order valence-corrected chi connectivity index (χ0v) is 12.4. The van der Waals surface area contributed by atoms with E-state index in [1.807, 2.05) is 12.3 Å². The number of carbonyl (C=O) groups excluding carboxylic acids is 1. The minimum absolute atomic E-state index is 0.112. The van der Waals surface area contributed by atoms with Gasteiger partial charge in [-0.1, -0.05) is 6.92 Å². The van der Waals surface area contributed by atoms with Gasteiger partial charge in [0.15, 0.2) is 0 Å². The van der Waals surface area contributed by atoms with Crippen molar-refractivity contribution in [2.75, 3.05) is 13.1 Å². The number of rotatable bonds is 4. The molecule has 2 atom stereocenters. The maximum atomic E-state index is 12.2. The van der Waals surface area contributed by atoms with E-state index in [-0.39, 0.29) is 18.6 Å². The fourth-order valence-corrected chi connectivity index (χ4v) is 3.07. The van der Waals surface area contributed by atoms with Crippen LogP contribution >= 0.6 is 11.3 Å². The summed E-state index contributed by atoms with van der Waals surface area (Å²) >= 11 is 1.51.